The van der Waals surface area contributed by atoms with Gasteiger partial charge in [0, 0.05) is 0 Å². The first-order chi connectivity index (χ1) is 12.0. The minimum atomic E-state index is -0.764. The molecule has 0 bridgehead atoms. The van der Waals surface area contributed by atoms with Crippen LogP contribution in [0.25, 0.3) is 11.3 Å². The second kappa shape index (κ2) is 6.92. The van der Waals surface area contributed by atoms with E-state index in [-0.39, 0.29) is 32.7 Å². The second-order valence-corrected chi connectivity index (χ2v) is 5.64. The van der Waals surface area contributed by atoms with Crippen molar-refractivity contribution >= 4 is 34.9 Å². The Morgan fingerprint density at radius 3 is 2.52 bits per heavy atom. The van der Waals surface area contributed by atoms with Crippen LogP contribution in [0.4, 0.5) is 5.69 Å². The second-order valence-electron chi connectivity index (χ2n) is 4.86. The molecule has 1 aromatic heterocycles. The maximum atomic E-state index is 12.2. The van der Waals surface area contributed by atoms with E-state index in [1.54, 1.807) is 30.3 Å². The van der Waals surface area contributed by atoms with Gasteiger partial charge in [-0.15, -0.1) is 0 Å². The van der Waals surface area contributed by atoms with Gasteiger partial charge < -0.3 is 4.74 Å². The molecular weight excluding hydrogens is 369 g/mol. The molecule has 126 valence electrons. The quantitative estimate of drug-likeness (QED) is 0.312. The van der Waals surface area contributed by atoms with Gasteiger partial charge in [-0.1, -0.05) is 47.5 Å². The highest BCUT2D eigenvalue weighted by molar-refractivity contribution is 6.36. The zero-order valence-electron chi connectivity index (χ0n) is 12.4. The van der Waals surface area contributed by atoms with Gasteiger partial charge in [-0.25, -0.2) is 4.79 Å². The standard InChI is InChI=1S/C16H9Cl2N3O4/c17-11-8-4-7-10(15(11)21(23)24)13-12(18)14(20-19-13)16(22)25-9-5-2-1-3-6-9/h1-8H,(H,19,20). The van der Waals surface area contributed by atoms with Crippen molar-refractivity contribution in [3.05, 3.63) is 74.4 Å². The molecule has 7 nitrogen and oxygen atoms in total. The Kier molecular flexibility index (Phi) is 4.69. The number of esters is 1. The minimum absolute atomic E-state index is 0.0379. The van der Waals surface area contributed by atoms with Gasteiger partial charge in [0.15, 0.2) is 5.69 Å². The Labute approximate surface area is 151 Å². The largest absolute Gasteiger partial charge is 0.422 e. The number of nitro groups is 1. The van der Waals surface area contributed by atoms with Crippen molar-refractivity contribution in [1.82, 2.24) is 10.2 Å². The first kappa shape index (κ1) is 16.9. The van der Waals surface area contributed by atoms with E-state index < -0.39 is 10.9 Å². The Morgan fingerprint density at radius 1 is 1.12 bits per heavy atom. The van der Waals surface area contributed by atoms with Gasteiger partial charge in [0.1, 0.15) is 21.5 Å². The van der Waals surface area contributed by atoms with E-state index in [0.717, 1.165) is 0 Å². The summed E-state index contributed by atoms with van der Waals surface area (Å²) in [5.74, 6) is -0.437. The van der Waals surface area contributed by atoms with E-state index in [9.17, 15) is 14.9 Å². The van der Waals surface area contributed by atoms with Crippen LogP contribution in [0.1, 0.15) is 10.5 Å². The van der Waals surface area contributed by atoms with E-state index in [0.29, 0.717) is 5.75 Å². The number of hydrogen-bond donors (Lipinski definition) is 1. The highest BCUT2D eigenvalue weighted by Crippen LogP contribution is 2.38. The molecule has 1 N–H and O–H groups in total. The van der Waals surface area contributed by atoms with Crippen LogP contribution >= 0.6 is 23.2 Å². The Morgan fingerprint density at radius 2 is 1.84 bits per heavy atom. The topological polar surface area (TPSA) is 98.1 Å². The normalized spacial score (nSPS) is 10.5. The number of rotatable bonds is 4. The first-order valence-electron chi connectivity index (χ1n) is 6.93. The Balaban J connectivity index is 1.99. The summed E-state index contributed by atoms with van der Waals surface area (Å²) in [6, 6.07) is 12.7. The van der Waals surface area contributed by atoms with Crippen molar-refractivity contribution in [2.45, 2.75) is 0 Å². The van der Waals surface area contributed by atoms with Crippen LogP contribution in [0.5, 0.6) is 5.75 Å². The molecule has 0 aliphatic rings. The Bertz CT molecular complexity index is 957. The number of nitrogens with zero attached hydrogens (tertiary/aromatic N) is 2. The van der Waals surface area contributed by atoms with E-state index >= 15 is 0 Å². The van der Waals surface area contributed by atoms with Gasteiger partial charge in [-0.05, 0) is 24.3 Å². The number of aromatic amines is 1. The summed E-state index contributed by atoms with van der Waals surface area (Å²) >= 11 is 12.1. The number of hydrogen-bond acceptors (Lipinski definition) is 5. The predicted molar refractivity (Wildman–Crippen MR) is 92.1 cm³/mol. The minimum Gasteiger partial charge on any atom is -0.422 e. The molecular formula is C16H9Cl2N3O4. The number of ether oxygens (including phenoxy) is 1. The third kappa shape index (κ3) is 3.33. The van der Waals surface area contributed by atoms with Gasteiger partial charge in [0.2, 0.25) is 0 Å². The van der Waals surface area contributed by atoms with E-state index in [4.69, 9.17) is 27.9 Å². The summed E-state index contributed by atoms with van der Waals surface area (Å²) in [6.07, 6.45) is 0. The lowest BCUT2D eigenvalue weighted by atomic mass is 10.1. The van der Waals surface area contributed by atoms with Gasteiger partial charge in [-0.2, -0.15) is 5.10 Å². The highest BCUT2D eigenvalue weighted by Gasteiger charge is 2.27. The fraction of sp³-hybridized carbons (Fsp3) is 0. The van der Waals surface area contributed by atoms with Crippen molar-refractivity contribution < 1.29 is 14.5 Å². The molecule has 0 amide bonds. The number of para-hydroxylation sites is 2. The van der Waals surface area contributed by atoms with Crippen molar-refractivity contribution in [2.75, 3.05) is 0 Å². The number of nitrogens with one attached hydrogen (secondary N) is 1. The van der Waals surface area contributed by atoms with Crippen LogP contribution in [0, 0.1) is 10.1 Å². The number of carbonyl (C=O) groups excluding carboxylic acids is 1. The number of H-pyrrole nitrogens is 1. The summed E-state index contributed by atoms with van der Waals surface area (Å²) < 4.78 is 5.18. The summed E-state index contributed by atoms with van der Waals surface area (Å²) in [7, 11) is 0. The van der Waals surface area contributed by atoms with Crippen LogP contribution in [0.3, 0.4) is 0 Å². The molecule has 0 unspecified atom stereocenters. The summed E-state index contributed by atoms with van der Waals surface area (Å²) in [4.78, 5) is 22.9. The number of nitro benzene ring substituents is 1. The molecule has 3 aromatic rings. The first-order valence-corrected chi connectivity index (χ1v) is 7.69. The van der Waals surface area contributed by atoms with Crippen molar-refractivity contribution in [2.24, 2.45) is 0 Å². The molecule has 0 spiro atoms. The zero-order valence-corrected chi connectivity index (χ0v) is 13.9. The average Bonchev–Trinajstić information content (AvgIpc) is 2.96. The maximum Gasteiger partial charge on any atom is 0.363 e. The van der Waals surface area contributed by atoms with Crippen LogP contribution in [-0.4, -0.2) is 21.1 Å². The molecule has 1 heterocycles. The van der Waals surface area contributed by atoms with E-state index in [1.807, 2.05) is 0 Å². The zero-order chi connectivity index (χ0) is 18.0. The van der Waals surface area contributed by atoms with Crippen molar-refractivity contribution in [3.8, 4) is 17.0 Å². The number of carbonyl (C=O) groups is 1. The van der Waals surface area contributed by atoms with E-state index in [1.165, 1.54) is 18.2 Å². The fourth-order valence-electron chi connectivity index (χ4n) is 2.18. The molecule has 0 aliphatic carbocycles. The third-order valence-electron chi connectivity index (χ3n) is 3.29. The molecule has 0 aliphatic heterocycles. The smallest absolute Gasteiger partial charge is 0.363 e. The van der Waals surface area contributed by atoms with Gasteiger partial charge in [-0.3, -0.25) is 15.2 Å². The molecule has 0 saturated heterocycles. The molecule has 9 heteroatoms. The van der Waals surface area contributed by atoms with Gasteiger partial charge in [0.05, 0.1) is 10.5 Å². The summed E-state index contributed by atoms with van der Waals surface area (Å²) in [5.41, 5.74) is -0.330. The summed E-state index contributed by atoms with van der Waals surface area (Å²) in [6.45, 7) is 0. The highest BCUT2D eigenvalue weighted by atomic mass is 35.5. The SMILES string of the molecule is O=C(Oc1ccccc1)c1[nH]nc(-c2cccc(Cl)c2[N+](=O)[O-])c1Cl. The lowest BCUT2D eigenvalue weighted by molar-refractivity contribution is -0.384. The molecule has 0 fully saturated rings. The van der Waals surface area contributed by atoms with Crippen LogP contribution in [0.2, 0.25) is 10.0 Å². The molecule has 2 aromatic carbocycles. The van der Waals surface area contributed by atoms with E-state index in [2.05, 4.69) is 10.2 Å². The number of benzene rings is 2. The molecule has 25 heavy (non-hydrogen) atoms. The third-order valence-corrected chi connectivity index (χ3v) is 3.96. The molecule has 0 atom stereocenters. The van der Waals surface area contributed by atoms with Crippen LogP contribution in [-0.2, 0) is 0 Å². The number of aromatic nitrogens is 2. The Hall–Kier alpha value is -2.90. The molecule has 0 radical (unpaired) electrons. The lowest BCUT2D eigenvalue weighted by Crippen LogP contribution is -2.09. The maximum absolute atomic E-state index is 12.2. The fourth-order valence-corrected chi connectivity index (χ4v) is 2.69. The number of halogens is 2. The predicted octanol–water partition coefficient (Wildman–Crippen LogP) is 4.51. The van der Waals surface area contributed by atoms with Crippen molar-refractivity contribution in [1.29, 1.82) is 0 Å². The molecule has 0 saturated carbocycles. The van der Waals surface area contributed by atoms with Gasteiger partial charge in [0.25, 0.3) is 5.69 Å². The lowest BCUT2D eigenvalue weighted by Gasteiger charge is -2.03. The molecule has 3 rings (SSSR count). The van der Waals surface area contributed by atoms with Gasteiger partial charge >= 0.3 is 5.97 Å². The van der Waals surface area contributed by atoms with Crippen molar-refractivity contribution in [3.63, 3.8) is 0 Å². The summed E-state index contributed by atoms with van der Waals surface area (Å²) in [5, 5.41) is 17.5. The van der Waals surface area contributed by atoms with Crippen LogP contribution in [0.15, 0.2) is 48.5 Å². The monoisotopic (exact) mass is 377 g/mol. The van der Waals surface area contributed by atoms with Crippen LogP contribution < -0.4 is 4.74 Å². The average molecular weight is 378 g/mol.